The van der Waals surface area contributed by atoms with Crippen molar-refractivity contribution in [3.8, 4) is 0 Å². The van der Waals surface area contributed by atoms with Crippen LogP contribution in [-0.2, 0) is 14.8 Å². The maximum Gasteiger partial charge on any atom is 0.243 e. The molecule has 0 bridgehead atoms. The third kappa shape index (κ3) is 3.83. The van der Waals surface area contributed by atoms with Crippen molar-refractivity contribution < 1.29 is 18.3 Å². The maximum atomic E-state index is 12.6. The van der Waals surface area contributed by atoms with Crippen LogP contribution in [0.1, 0.15) is 38.4 Å². The van der Waals surface area contributed by atoms with Gasteiger partial charge in [0.1, 0.15) is 0 Å². The second-order valence-electron chi connectivity index (χ2n) is 5.31. The average Bonchev–Trinajstić information content (AvgIpc) is 2.48. The normalized spacial score (nSPS) is 19.6. The Kier molecular flexibility index (Phi) is 5.37. The van der Waals surface area contributed by atoms with Gasteiger partial charge in [-0.05, 0) is 44.4 Å². The molecule has 1 saturated heterocycles. The standard InChI is InChI=1S/C15H23NO4S/c1-3-20-14-7-9-16(10-8-14)21(18,19)15-6-4-5-13(11-15)12(2)17/h4-6,11-12,14,17H,3,7-10H2,1-2H3. The smallest absolute Gasteiger partial charge is 0.243 e. The van der Waals surface area contributed by atoms with E-state index in [1.165, 1.54) is 4.31 Å². The van der Waals surface area contributed by atoms with Gasteiger partial charge in [0, 0.05) is 19.7 Å². The maximum absolute atomic E-state index is 12.6. The van der Waals surface area contributed by atoms with E-state index >= 15 is 0 Å². The van der Waals surface area contributed by atoms with Gasteiger partial charge in [0.2, 0.25) is 10.0 Å². The zero-order chi connectivity index (χ0) is 15.5. The number of hydrogen-bond donors (Lipinski definition) is 1. The van der Waals surface area contributed by atoms with E-state index in [1.807, 2.05) is 6.92 Å². The van der Waals surface area contributed by atoms with Crippen LogP contribution in [0.4, 0.5) is 0 Å². The monoisotopic (exact) mass is 313 g/mol. The lowest BCUT2D eigenvalue weighted by molar-refractivity contribution is 0.0290. The summed E-state index contributed by atoms with van der Waals surface area (Å²) in [6.45, 7) is 5.19. The molecule has 0 saturated carbocycles. The van der Waals surface area contributed by atoms with Gasteiger partial charge in [-0.1, -0.05) is 12.1 Å². The largest absolute Gasteiger partial charge is 0.389 e. The molecule has 1 aliphatic rings. The molecule has 1 aliphatic heterocycles. The first-order chi connectivity index (χ1) is 9.95. The number of benzene rings is 1. The molecule has 1 heterocycles. The van der Waals surface area contributed by atoms with Crippen LogP contribution in [0, 0.1) is 0 Å². The van der Waals surface area contributed by atoms with E-state index in [9.17, 15) is 13.5 Å². The molecule has 1 atom stereocenters. The Labute approximate surface area is 126 Å². The van der Waals surface area contributed by atoms with Gasteiger partial charge in [-0.15, -0.1) is 0 Å². The van der Waals surface area contributed by atoms with Gasteiger partial charge in [-0.25, -0.2) is 8.42 Å². The van der Waals surface area contributed by atoms with Crippen molar-refractivity contribution in [3.63, 3.8) is 0 Å². The van der Waals surface area contributed by atoms with E-state index in [2.05, 4.69) is 0 Å². The van der Waals surface area contributed by atoms with Crippen molar-refractivity contribution in [2.24, 2.45) is 0 Å². The Hall–Kier alpha value is -0.950. The number of aliphatic hydroxyl groups excluding tert-OH is 1. The summed E-state index contributed by atoms with van der Waals surface area (Å²) in [7, 11) is -3.49. The van der Waals surface area contributed by atoms with Crippen molar-refractivity contribution >= 4 is 10.0 Å². The minimum absolute atomic E-state index is 0.158. The molecular formula is C15H23NO4S. The van der Waals surface area contributed by atoms with E-state index in [-0.39, 0.29) is 11.0 Å². The van der Waals surface area contributed by atoms with Crippen LogP contribution in [0.25, 0.3) is 0 Å². The zero-order valence-electron chi connectivity index (χ0n) is 12.5. The van der Waals surface area contributed by atoms with E-state index < -0.39 is 16.1 Å². The second kappa shape index (κ2) is 6.87. The van der Waals surface area contributed by atoms with Gasteiger partial charge in [-0.2, -0.15) is 4.31 Å². The van der Waals surface area contributed by atoms with Crippen molar-refractivity contribution in [1.82, 2.24) is 4.31 Å². The molecule has 1 unspecified atom stereocenters. The SMILES string of the molecule is CCOC1CCN(S(=O)(=O)c2cccc(C(C)O)c2)CC1. The van der Waals surface area contributed by atoms with Crippen LogP contribution < -0.4 is 0 Å². The summed E-state index contributed by atoms with van der Waals surface area (Å²) >= 11 is 0. The minimum Gasteiger partial charge on any atom is -0.389 e. The Morgan fingerprint density at radius 3 is 2.62 bits per heavy atom. The third-order valence-electron chi connectivity index (χ3n) is 3.78. The molecule has 1 aromatic carbocycles. The van der Waals surface area contributed by atoms with Crippen LogP contribution in [0.2, 0.25) is 0 Å². The van der Waals surface area contributed by atoms with Gasteiger partial charge in [0.25, 0.3) is 0 Å². The Balaban J connectivity index is 2.14. The van der Waals surface area contributed by atoms with Gasteiger partial charge >= 0.3 is 0 Å². The summed E-state index contributed by atoms with van der Waals surface area (Å²) in [5.41, 5.74) is 0.611. The van der Waals surface area contributed by atoms with E-state index in [0.29, 0.717) is 25.3 Å². The molecule has 2 rings (SSSR count). The molecule has 1 aromatic rings. The average molecular weight is 313 g/mol. The van der Waals surface area contributed by atoms with Crippen LogP contribution in [0.5, 0.6) is 0 Å². The summed E-state index contributed by atoms with van der Waals surface area (Å²) < 4.78 is 32.3. The number of piperidine rings is 1. The lowest BCUT2D eigenvalue weighted by Crippen LogP contribution is -2.40. The van der Waals surface area contributed by atoms with Crippen LogP contribution in [0.15, 0.2) is 29.2 Å². The molecule has 0 spiro atoms. The van der Waals surface area contributed by atoms with E-state index in [1.54, 1.807) is 31.2 Å². The van der Waals surface area contributed by atoms with Crippen LogP contribution in [0.3, 0.4) is 0 Å². The van der Waals surface area contributed by atoms with Crippen LogP contribution >= 0.6 is 0 Å². The third-order valence-corrected chi connectivity index (χ3v) is 5.68. The molecule has 0 aliphatic carbocycles. The summed E-state index contributed by atoms with van der Waals surface area (Å²) in [6, 6.07) is 6.53. The van der Waals surface area contributed by atoms with Gasteiger partial charge in [0.15, 0.2) is 0 Å². The lowest BCUT2D eigenvalue weighted by atomic mass is 10.1. The summed E-state index contributed by atoms with van der Waals surface area (Å²) in [6.07, 6.45) is 0.931. The number of nitrogens with zero attached hydrogens (tertiary/aromatic N) is 1. The van der Waals surface area contributed by atoms with Gasteiger partial charge in [0.05, 0.1) is 17.1 Å². The zero-order valence-corrected chi connectivity index (χ0v) is 13.3. The molecule has 1 fully saturated rings. The highest BCUT2D eigenvalue weighted by Crippen LogP contribution is 2.24. The van der Waals surface area contributed by atoms with Gasteiger partial charge in [-0.3, -0.25) is 0 Å². The Bertz CT molecular complexity index is 563. The number of ether oxygens (including phenoxy) is 1. The highest BCUT2D eigenvalue weighted by atomic mass is 32.2. The topological polar surface area (TPSA) is 66.8 Å². The first-order valence-corrected chi connectivity index (χ1v) is 8.79. The molecule has 0 radical (unpaired) electrons. The minimum atomic E-state index is -3.49. The molecule has 21 heavy (non-hydrogen) atoms. The molecule has 0 aromatic heterocycles. The fourth-order valence-corrected chi connectivity index (χ4v) is 4.08. The fraction of sp³-hybridized carbons (Fsp3) is 0.600. The molecule has 0 amide bonds. The molecule has 6 heteroatoms. The second-order valence-corrected chi connectivity index (χ2v) is 7.25. The quantitative estimate of drug-likeness (QED) is 0.902. The molecule has 5 nitrogen and oxygen atoms in total. The predicted molar refractivity (Wildman–Crippen MR) is 80.5 cm³/mol. The van der Waals surface area contributed by atoms with Gasteiger partial charge < -0.3 is 9.84 Å². The number of sulfonamides is 1. The molecular weight excluding hydrogens is 290 g/mol. The van der Waals surface area contributed by atoms with Crippen LogP contribution in [-0.4, -0.2) is 43.6 Å². The number of rotatable bonds is 5. The first kappa shape index (κ1) is 16.4. The summed E-state index contributed by atoms with van der Waals surface area (Å²) in [5.74, 6) is 0. The lowest BCUT2D eigenvalue weighted by Gasteiger charge is -2.31. The Morgan fingerprint density at radius 1 is 1.38 bits per heavy atom. The predicted octanol–water partition coefficient (Wildman–Crippen LogP) is 1.93. The number of aliphatic hydroxyl groups is 1. The van der Waals surface area contributed by atoms with Crippen molar-refractivity contribution in [3.05, 3.63) is 29.8 Å². The van der Waals surface area contributed by atoms with Crippen molar-refractivity contribution in [1.29, 1.82) is 0 Å². The summed E-state index contributed by atoms with van der Waals surface area (Å²) in [4.78, 5) is 0.246. The molecule has 118 valence electrons. The first-order valence-electron chi connectivity index (χ1n) is 7.35. The number of hydrogen-bond acceptors (Lipinski definition) is 4. The van der Waals surface area contributed by atoms with Crippen molar-refractivity contribution in [2.45, 2.75) is 43.8 Å². The van der Waals surface area contributed by atoms with Crippen molar-refractivity contribution in [2.75, 3.05) is 19.7 Å². The highest BCUT2D eigenvalue weighted by Gasteiger charge is 2.29. The fourth-order valence-electron chi connectivity index (χ4n) is 2.56. The van der Waals surface area contributed by atoms with E-state index in [0.717, 1.165) is 12.8 Å². The molecule has 1 N–H and O–H groups in total. The Morgan fingerprint density at radius 2 is 2.05 bits per heavy atom. The van der Waals surface area contributed by atoms with E-state index in [4.69, 9.17) is 4.74 Å². The summed E-state index contributed by atoms with van der Waals surface area (Å²) in [5, 5.41) is 9.59. The highest BCUT2D eigenvalue weighted by molar-refractivity contribution is 7.89.